The summed E-state index contributed by atoms with van der Waals surface area (Å²) in [5.41, 5.74) is 7.07. The fourth-order valence-corrected chi connectivity index (χ4v) is 3.90. The Morgan fingerprint density at radius 2 is 2.05 bits per heavy atom. The van der Waals surface area contributed by atoms with E-state index in [9.17, 15) is 13.2 Å². The van der Waals surface area contributed by atoms with Gasteiger partial charge in [0.05, 0.1) is 10.8 Å². The van der Waals surface area contributed by atoms with Gasteiger partial charge in [-0.2, -0.15) is 0 Å². The molecule has 1 heterocycles. The van der Waals surface area contributed by atoms with Crippen molar-refractivity contribution < 1.29 is 13.2 Å². The normalized spacial score (nSPS) is 28.7. The molecule has 3 rings (SSSR count). The average molecular weight is 295 g/mol. The van der Waals surface area contributed by atoms with Crippen molar-refractivity contribution in [2.75, 3.05) is 5.32 Å². The summed E-state index contributed by atoms with van der Waals surface area (Å²) in [6, 6.07) is 4.72. The molecule has 1 saturated carbocycles. The third-order valence-electron chi connectivity index (χ3n) is 3.95. The SMILES string of the molecule is CC1C(=O)Nc2ccc(S(=O)(=O)NC3CC(N)C3)cc21. The van der Waals surface area contributed by atoms with E-state index in [1.807, 2.05) is 0 Å². The number of fused-ring (bicyclic) bond motifs is 1. The molecule has 1 atom stereocenters. The van der Waals surface area contributed by atoms with Crippen LogP contribution in [0.3, 0.4) is 0 Å². The van der Waals surface area contributed by atoms with Gasteiger partial charge < -0.3 is 11.1 Å². The van der Waals surface area contributed by atoms with Crippen LogP contribution in [0.15, 0.2) is 23.1 Å². The molecule has 1 amide bonds. The Morgan fingerprint density at radius 1 is 1.35 bits per heavy atom. The van der Waals surface area contributed by atoms with Gasteiger partial charge >= 0.3 is 0 Å². The van der Waals surface area contributed by atoms with Crippen LogP contribution in [0.5, 0.6) is 0 Å². The third-order valence-corrected chi connectivity index (χ3v) is 5.47. The molecule has 1 aromatic carbocycles. The number of carbonyl (C=O) groups excluding carboxylic acids is 1. The fraction of sp³-hybridized carbons (Fsp3) is 0.462. The monoisotopic (exact) mass is 295 g/mol. The van der Waals surface area contributed by atoms with Crippen LogP contribution in [0.1, 0.15) is 31.2 Å². The van der Waals surface area contributed by atoms with E-state index < -0.39 is 10.0 Å². The van der Waals surface area contributed by atoms with Gasteiger partial charge in [-0.1, -0.05) is 0 Å². The van der Waals surface area contributed by atoms with E-state index in [1.165, 1.54) is 6.07 Å². The van der Waals surface area contributed by atoms with Crippen LogP contribution < -0.4 is 15.8 Å². The van der Waals surface area contributed by atoms with Crippen LogP contribution in [0.25, 0.3) is 0 Å². The van der Waals surface area contributed by atoms with Crippen molar-refractivity contribution in [3.05, 3.63) is 23.8 Å². The number of hydrogen-bond acceptors (Lipinski definition) is 4. The molecule has 6 nitrogen and oxygen atoms in total. The molecule has 1 aliphatic carbocycles. The van der Waals surface area contributed by atoms with Crippen molar-refractivity contribution in [2.24, 2.45) is 5.73 Å². The number of nitrogens with two attached hydrogens (primary N) is 1. The van der Waals surface area contributed by atoms with Gasteiger partial charge in [0.15, 0.2) is 0 Å². The molecular formula is C13H17N3O3S. The van der Waals surface area contributed by atoms with Crippen molar-refractivity contribution >= 4 is 21.6 Å². The highest BCUT2D eigenvalue weighted by atomic mass is 32.2. The van der Waals surface area contributed by atoms with Crippen molar-refractivity contribution in [3.63, 3.8) is 0 Å². The summed E-state index contributed by atoms with van der Waals surface area (Å²) in [5, 5.41) is 2.72. The second kappa shape index (κ2) is 4.54. The number of anilines is 1. The van der Waals surface area contributed by atoms with Gasteiger partial charge in [0.25, 0.3) is 0 Å². The standard InChI is InChI=1S/C13H17N3O3S/c1-7-11-6-10(2-3-12(11)15-13(7)17)20(18,19)16-9-4-8(14)5-9/h2-3,6-9,16H,4-5,14H2,1H3,(H,15,17). The molecule has 0 aromatic heterocycles. The maximum atomic E-state index is 12.3. The fourth-order valence-electron chi connectivity index (χ4n) is 2.61. The van der Waals surface area contributed by atoms with Gasteiger partial charge in [-0.3, -0.25) is 4.79 Å². The Labute approximate surface area is 117 Å². The molecule has 7 heteroatoms. The Bertz CT molecular complexity index is 665. The summed E-state index contributed by atoms with van der Waals surface area (Å²) in [5.74, 6) is -0.426. The van der Waals surface area contributed by atoms with Crippen molar-refractivity contribution in [2.45, 2.75) is 42.7 Å². The smallest absolute Gasteiger partial charge is 0.240 e. The number of nitrogens with one attached hydrogen (secondary N) is 2. The number of benzene rings is 1. The minimum absolute atomic E-state index is 0.0829. The zero-order chi connectivity index (χ0) is 14.5. The highest BCUT2D eigenvalue weighted by Crippen LogP contribution is 2.34. The third kappa shape index (κ3) is 2.21. The van der Waals surface area contributed by atoms with Crippen LogP contribution in [-0.2, 0) is 14.8 Å². The highest BCUT2D eigenvalue weighted by Gasteiger charge is 2.32. The molecule has 108 valence electrons. The maximum Gasteiger partial charge on any atom is 0.240 e. The van der Waals surface area contributed by atoms with E-state index >= 15 is 0 Å². The number of carbonyl (C=O) groups is 1. The van der Waals surface area contributed by atoms with E-state index in [2.05, 4.69) is 10.0 Å². The van der Waals surface area contributed by atoms with Crippen LogP contribution in [-0.4, -0.2) is 26.4 Å². The van der Waals surface area contributed by atoms with Gasteiger partial charge in [-0.25, -0.2) is 13.1 Å². The lowest BCUT2D eigenvalue weighted by Crippen LogP contribution is -2.50. The van der Waals surface area contributed by atoms with Gasteiger partial charge in [0.1, 0.15) is 0 Å². The summed E-state index contributed by atoms with van der Waals surface area (Å²) < 4.78 is 27.2. The number of hydrogen-bond donors (Lipinski definition) is 3. The van der Waals surface area contributed by atoms with E-state index in [4.69, 9.17) is 5.73 Å². The molecule has 0 radical (unpaired) electrons. The quantitative estimate of drug-likeness (QED) is 0.756. The van der Waals surface area contributed by atoms with Gasteiger partial charge in [-0.05, 0) is 43.5 Å². The second-order valence-electron chi connectivity index (χ2n) is 5.51. The van der Waals surface area contributed by atoms with E-state index in [0.29, 0.717) is 18.5 Å². The second-order valence-corrected chi connectivity index (χ2v) is 7.22. The first-order chi connectivity index (χ1) is 9.37. The largest absolute Gasteiger partial charge is 0.328 e. The molecule has 4 N–H and O–H groups in total. The van der Waals surface area contributed by atoms with Crippen molar-refractivity contribution in [1.29, 1.82) is 0 Å². The molecular weight excluding hydrogens is 278 g/mol. The Balaban J connectivity index is 1.86. The zero-order valence-electron chi connectivity index (χ0n) is 11.1. The summed E-state index contributed by atoms with van der Waals surface area (Å²) in [7, 11) is -3.55. The van der Waals surface area contributed by atoms with Gasteiger partial charge in [0.2, 0.25) is 15.9 Å². The summed E-state index contributed by atoms with van der Waals surface area (Å²) in [4.78, 5) is 11.8. The number of rotatable bonds is 3. The lowest BCUT2D eigenvalue weighted by molar-refractivity contribution is -0.116. The lowest BCUT2D eigenvalue weighted by atomic mass is 9.89. The minimum Gasteiger partial charge on any atom is -0.328 e. The van der Waals surface area contributed by atoms with Crippen molar-refractivity contribution in [3.8, 4) is 0 Å². The number of amides is 1. The topological polar surface area (TPSA) is 101 Å². The first-order valence-electron chi connectivity index (χ1n) is 6.59. The van der Waals surface area contributed by atoms with Crippen LogP contribution in [0.4, 0.5) is 5.69 Å². The summed E-state index contributed by atoms with van der Waals surface area (Å²) in [6.07, 6.45) is 1.33. The molecule has 0 spiro atoms. The minimum atomic E-state index is -3.55. The predicted octanol–water partition coefficient (Wildman–Crippen LogP) is 0.510. The molecule has 0 saturated heterocycles. The Morgan fingerprint density at radius 3 is 2.70 bits per heavy atom. The van der Waals surface area contributed by atoms with Crippen LogP contribution in [0.2, 0.25) is 0 Å². The van der Waals surface area contributed by atoms with Gasteiger partial charge in [0, 0.05) is 17.8 Å². The molecule has 1 aromatic rings. The van der Waals surface area contributed by atoms with E-state index in [0.717, 1.165) is 5.56 Å². The average Bonchev–Trinajstić information content (AvgIpc) is 2.63. The number of sulfonamides is 1. The summed E-state index contributed by atoms with van der Waals surface area (Å²) >= 11 is 0. The Hall–Kier alpha value is -1.44. The van der Waals surface area contributed by atoms with E-state index in [-0.39, 0.29) is 28.8 Å². The molecule has 1 unspecified atom stereocenters. The summed E-state index contributed by atoms with van der Waals surface area (Å²) in [6.45, 7) is 1.76. The molecule has 2 aliphatic rings. The van der Waals surface area contributed by atoms with Crippen molar-refractivity contribution in [1.82, 2.24) is 4.72 Å². The lowest BCUT2D eigenvalue weighted by Gasteiger charge is -2.32. The van der Waals surface area contributed by atoms with Crippen LogP contribution in [0, 0.1) is 0 Å². The first kappa shape index (κ1) is 13.5. The maximum absolute atomic E-state index is 12.3. The molecule has 20 heavy (non-hydrogen) atoms. The zero-order valence-corrected chi connectivity index (χ0v) is 11.9. The van der Waals surface area contributed by atoms with E-state index in [1.54, 1.807) is 19.1 Å². The van der Waals surface area contributed by atoms with Crippen LogP contribution >= 0.6 is 0 Å². The Kier molecular flexibility index (Phi) is 3.07. The van der Waals surface area contributed by atoms with Gasteiger partial charge in [-0.15, -0.1) is 0 Å². The molecule has 0 bridgehead atoms. The molecule has 1 fully saturated rings. The highest BCUT2D eigenvalue weighted by molar-refractivity contribution is 7.89. The molecule has 1 aliphatic heterocycles. The predicted molar refractivity (Wildman–Crippen MR) is 74.8 cm³/mol. The first-order valence-corrected chi connectivity index (χ1v) is 8.08.